The normalized spacial score (nSPS) is 23.6. The molecule has 5 aromatic rings. The fourth-order valence-electron chi connectivity index (χ4n) is 6.18. The maximum Gasteiger partial charge on any atom is 0.190 e. The van der Waals surface area contributed by atoms with Crippen molar-refractivity contribution in [3.8, 4) is 0 Å². The molecule has 226 valence electrons. The lowest BCUT2D eigenvalue weighted by Crippen LogP contribution is -2.50. The third kappa shape index (κ3) is 5.99. The van der Waals surface area contributed by atoms with Crippen molar-refractivity contribution < 1.29 is 28.5 Å². The average Bonchev–Trinajstić information content (AvgIpc) is 3.55. The van der Waals surface area contributed by atoms with Crippen LogP contribution in [-0.4, -0.2) is 37.3 Å². The van der Waals surface area contributed by atoms with Gasteiger partial charge in [0.1, 0.15) is 24.4 Å². The number of Topliss-reactive ketones (excluding diaryl/α,β-unsaturated/α-hetero) is 1. The van der Waals surface area contributed by atoms with Gasteiger partial charge >= 0.3 is 0 Å². The smallest absolute Gasteiger partial charge is 0.190 e. The van der Waals surface area contributed by atoms with Crippen LogP contribution in [0.4, 0.5) is 0 Å². The quantitative estimate of drug-likeness (QED) is 0.168. The highest BCUT2D eigenvalue weighted by molar-refractivity contribution is 5.85. The molecule has 2 aliphatic rings. The number of ketones is 1. The molecule has 2 aliphatic heterocycles. The minimum Gasteiger partial charge on any atom is -0.358 e. The Morgan fingerprint density at radius 1 is 0.556 bits per heavy atom. The summed E-state index contributed by atoms with van der Waals surface area (Å²) in [4.78, 5) is 13.4. The predicted molar refractivity (Wildman–Crippen MR) is 169 cm³/mol. The van der Waals surface area contributed by atoms with Crippen LogP contribution in [0.3, 0.4) is 0 Å². The standard InChI is InChI=1S/C39H34O6/c40-33-26-41-37(28-16-6-1-7-17-28)44-35(33)36-34(43-38(45-36)29-18-8-2-9-19-29)27-42-39(30-20-10-3-11-21-30,31-22-12-4-13-23-31)32-24-14-5-15-25-32/h1-25,34-38H,26-27H2/t34-,35+,36+,37+,38-/m0/s1. The molecule has 0 radical (unpaired) electrons. The van der Waals surface area contributed by atoms with E-state index in [1.807, 2.05) is 115 Å². The highest BCUT2D eigenvalue weighted by Crippen LogP contribution is 2.43. The SMILES string of the molecule is O=C1CO[C@@H](c2ccccc2)O[C@H]1[C@@H]1O[C@@H](c2ccccc2)O[C@H]1COC(c1ccccc1)(c1ccccc1)c1ccccc1. The van der Waals surface area contributed by atoms with Gasteiger partial charge in [0, 0.05) is 11.1 Å². The van der Waals surface area contributed by atoms with Crippen molar-refractivity contribution in [2.24, 2.45) is 0 Å². The van der Waals surface area contributed by atoms with E-state index in [0.29, 0.717) is 0 Å². The van der Waals surface area contributed by atoms with Gasteiger partial charge in [-0.25, -0.2) is 0 Å². The Morgan fingerprint density at radius 3 is 1.49 bits per heavy atom. The van der Waals surface area contributed by atoms with Gasteiger partial charge in [0.15, 0.2) is 24.5 Å². The molecule has 6 nitrogen and oxygen atoms in total. The van der Waals surface area contributed by atoms with E-state index >= 15 is 0 Å². The molecule has 0 spiro atoms. The second kappa shape index (κ2) is 13.3. The molecule has 7 rings (SSSR count). The van der Waals surface area contributed by atoms with Gasteiger partial charge in [0.2, 0.25) is 0 Å². The number of rotatable bonds is 9. The summed E-state index contributed by atoms with van der Waals surface area (Å²) in [6.45, 7) is 0.0341. The van der Waals surface area contributed by atoms with Gasteiger partial charge in [-0.2, -0.15) is 0 Å². The zero-order chi connectivity index (χ0) is 30.5. The van der Waals surface area contributed by atoms with E-state index in [2.05, 4.69) is 36.4 Å². The number of hydrogen-bond acceptors (Lipinski definition) is 6. The Bertz CT molecular complexity index is 1570. The van der Waals surface area contributed by atoms with Crippen LogP contribution in [0.5, 0.6) is 0 Å². The fourth-order valence-corrected chi connectivity index (χ4v) is 6.18. The van der Waals surface area contributed by atoms with Crippen molar-refractivity contribution in [3.05, 3.63) is 179 Å². The average molecular weight is 599 g/mol. The molecular weight excluding hydrogens is 564 g/mol. The van der Waals surface area contributed by atoms with Crippen molar-refractivity contribution in [1.29, 1.82) is 0 Å². The van der Waals surface area contributed by atoms with E-state index < -0.39 is 36.5 Å². The molecule has 0 bridgehead atoms. The van der Waals surface area contributed by atoms with E-state index in [1.54, 1.807) is 0 Å². The van der Waals surface area contributed by atoms with Crippen molar-refractivity contribution >= 4 is 5.78 Å². The molecular formula is C39H34O6. The summed E-state index contributed by atoms with van der Waals surface area (Å²) < 4.78 is 32.4. The molecule has 6 heteroatoms. The van der Waals surface area contributed by atoms with Crippen LogP contribution in [0.2, 0.25) is 0 Å². The highest BCUT2D eigenvalue weighted by atomic mass is 16.8. The first-order valence-electron chi connectivity index (χ1n) is 15.2. The number of carbonyl (C=O) groups excluding carboxylic acids is 1. The number of benzene rings is 5. The second-order valence-electron chi connectivity index (χ2n) is 11.2. The van der Waals surface area contributed by atoms with Crippen LogP contribution >= 0.6 is 0 Å². The van der Waals surface area contributed by atoms with E-state index in [0.717, 1.165) is 27.8 Å². The summed E-state index contributed by atoms with van der Waals surface area (Å²) in [5.41, 5.74) is 3.64. The lowest BCUT2D eigenvalue weighted by Gasteiger charge is -2.38. The third-order valence-electron chi connectivity index (χ3n) is 8.36. The highest BCUT2D eigenvalue weighted by Gasteiger charge is 2.49. The van der Waals surface area contributed by atoms with Gasteiger partial charge in [-0.1, -0.05) is 152 Å². The second-order valence-corrected chi connectivity index (χ2v) is 11.2. The fraction of sp³-hybridized carbons (Fsp3) is 0.205. The first-order valence-corrected chi connectivity index (χ1v) is 15.2. The summed E-state index contributed by atoms with van der Waals surface area (Å²) in [5, 5.41) is 0. The maximum absolute atomic E-state index is 13.4. The molecule has 2 fully saturated rings. The van der Waals surface area contributed by atoms with Gasteiger partial charge in [-0.15, -0.1) is 0 Å². The Labute approximate surface area is 263 Å². The number of hydrogen-bond donors (Lipinski definition) is 0. The van der Waals surface area contributed by atoms with E-state index in [4.69, 9.17) is 23.7 Å². The van der Waals surface area contributed by atoms with Gasteiger partial charge in [-0.3, -0.25) is 4.79 Å². The van der Waals surface area contributed by atoms with Crippen LogP contribution in [0, 0.1) is 0 Å². The lowest BCUT2D eigenvalue weighted by atomic mass is 9.80. The van der Waals surface area contributed by atoms with Crippen molar-refractivity contribution in [2.45, 2.75) is 36.5 Å². The molecule has 0 amide bonds. The molecule has 0 unspecified atom stereocenters. The van der Waals surface area contributed by atoms with Gasteiger partial charge in [0.05, 0.1) is 6.61 Å². The first kappa shape index (κ1) is 29.3. The minimum atomic E-state index is -0.963. The van der Waals surface area contributed by atoms with Crippen LogP contribution < -0.4 is 0 Å². The molecule has 45 heavy (non-hydrogen) atoms. The molecule has 0 aromatic heterocycles. The summed E-state index contributed by atoms with van der Waals surface area (Å²) in [7, 11) is 0. The predicted octanol–water partition coefficient (Wildman–Crippen LogP) is 7.16. The zero-order valence-corrected chi connectivity index (χ0v) is 24.7. The molecule has 0 aliphatic carbocycles. The molecule has 5 aromatic carbocycles. The summed E-state index contributed by atoms with van der Waals surface area (Å²) >= 11 is 0. The van der Waals surface area contributed by atoms with Gasteiger partial charge in [-0.05, 0) is 16.7 Å². The van der Waals surface area contributed by atoms with Gasteiger partial charge in [0.25, 0.3) is 0 Å². The summed E-state index contributed by atoms with van der Waals surface area (Å²) in [5.74, 6) is -0.199. The van der Waals surface area contributed by atoms with Crippen LogP contribution in [0.1, 0.15) is 40.4 Å². The number of carbonyl (C=O) groups is 1. The van der Waals surface area contributed by atoms with Crippen molar-refractivity contribution in [2.75, 3.05) is 13.2 Å². The van der Waals surface area contributed by atoms with E-state index in [1.165, 1.54) is 0 Å². The topological polar surface area (TPSA) is 63.2 Å². The van der Waals surface area contributed by atoms with Crippen LogP contribution in [0.15, 0.2) is 152 Å². The monoisotopic (exact) mass is 598 g/mol. The summed E-state index contributed by atoms with van der Waals surface area (Å²) in [6.07, 6.45) is -3.68. The van der Waals surface area contributed by atoms with Crippen molar-refractivity contribution in [3.63, 3.8) is 0 Å². The maximum atomic E-state index is 13.4. The van der Waals surface area contributed by atoms with E-state index in [-0.39, 0.29) is 19.0 Å². The lowest BCUT2D eigenvalue weighted by molar-refractivity contribution is -0.231. The molecule has 5 atom stereocenters. The largest absolute Gasteiger partial charge is 0.358 e. The van der Waals surface area contributed by atoms with Crippen molar-refractivity contribution in [1.82, 2.24) is 0 Å². The van der Waals surface area contributed by atoms with Crippen LogP contribution in [-0.2, 0) is 34.1 Å². The minimum absolute atomic E-state index is 0.0876. The Kier molecular flexibility index (Phi) is 8.65. The zero-order valence-electron chi connectivity index (χ0n) is 24.7. The van der Waals surface area contributed by atoms with E-state index in [9.17, 15) is 4.79 Å². The van der Waals surface area contributed by atoms with Crippen LogP contribution in [0.25, 0.3) is 0 Å². The molecule has 0 saturated carbocycles. The third-order valence-corrected chi connectivity index (χ3v) is 8.36. The molecule has 2 saturated heterocycles. The molecule has 0 N–H and O–H groups in total. The first-order chi connectivity index (χ1) is 22.2. The summed E-state index contributed by atoms with van der Waals surface area (Å²) in [6, 6.07) is 49.9. The Hall–Kier alpha value is -4.43. The number of ether oxygens (including phenoxy) is 5. The van der Waals surface area contributed by atoms with Gasteiger partial charge < -0.3 is 23.7 Å². The molecule has 2 heterocycles. The Balaban J connectivity index is 1.26. The Morgan fingerprint density at radius 2 is 1.00 bits per heavy atom.